The van der Waals surface area contributed by atoms with Gasteiger partial charge in [0.05, 0.1) is 4.92 Å². The number of nitrogens with zero attached hydrogens (tertiary/aromatic N) is 4. The Morgan fingerprint density at radius 3 is 2.62 bits per heavy atom. The molecule has 1 aliphatic rings. The number of carbonyl (C=O) groups is 1. The number of piperidine rings is 1. The van der Waals surface area contributed by atoms with E-state index in [4.69, 9.17) is 4.42 Å². The number of nitrogens with one attached hydrogen (secondary N) is 1. The first-order valence-electron chi connectivity index (χ1n) is 11.1. The quantitative estimate of drug-likeness (QED) is 0.320. The van der Waals surface area contributed by atoms with Crippen LogP contribution in [-0.4, -0.2) is 33.9 Å². The number of nitro groups is 1. The molecule has 1 N–H and O–H groups in total. The van der Waals surface area contributed by atoms with E-state index >= 15 is 0 Å². The molecule has 3 heterocycles. The molecule has 0 atom stereocenters. The van der Waals surface area contributed by atoms with Gasteiger partial charge in [0.1, 0.15) is 11.2 Å². The van der Waals surface area contributed by atoms with Crippen LogP contribution in [0.1, 0.15) is 30.1 Å². The third kappa shape index (κ3) is 4.32. The van der Waals surface area contributed by atoms with Crippen molar-refractivity contribution >= 4 is 34.1 Å². The maximum Gasteiger partial charge on any atom is 0.293 e. The molecule has 5 rings (SSSR count). The van der Waals surface area contributed by atoms with E-state index in [9.17, 15) is 14.9 Å². The highest BCUT2D eigenvalue weighted by atomic mass is 16.6. The number of nitro benzene ring substituents is 1. The maximum absolute atomic E-state index is 12.9. The van der Waals surface area contributed by atoms with Crippen LogP contribution in [0.3, 0.4) is 0 Å². The van der Waals surface area contributed by atoms with Crippen molar-refractivity contribution < 1.29 is 14.1 Å². The number of amides is 1. The maximum atomic E-state index is 12.9. The summed E-state index contributed by atoms with van der Waals surface area (Å²) in [6.45, 7) is 3.73. The summed E-state index contributed by atoms with van der Waals surface area (Å²) in [5.74, 6) is 0.640. The van der Waals surface area contributed by atoms with Gasteiger partial charge < -0.3 is 14.6 Å². The number of fused-ring (bicyclic) bond motifs is 1. The molecule has 0 spiro atoms. The Balaban J connectivity index is 1.37. The van der Waals surface area contributed by atoms with Crippen molar-refractivity contribution in [3.05, 3.63) is 76.6 Å². The minimum atomic E-state index is -0.431. The van der Waals surface area contributed by atoms with Gasteiger partial charge in [0.25, 0.3) is 11.6 Å². The average molecular weight is 457 g/mol. The number of benzene rings is 2. The standard InChI is InChI=1S/C25H23N5O4/c1-16-8-12-29(13-9-16)21-4-2-18(14-22(21)30(32)33)24(31)27-19-3-5-23-20(15-19)28-25(34-23)17-6-10-26-11-7-17/h2-7,10-11,14-16H,8-9,12-13H2,1H3,(H,27,31). The normalized spacial score (nSPS) is 14.3. The zero-order valence-electron chi connectivity index (χ0n) is 18.6. The fraction of sp³-hybridized carbons (Fsp3) is 0.240. The fourth-order valence-electron chi connectivity index (χ4n) is 4.15. The molecule has 34 heavy (non-hydrogen) atoms. The summed E-state index contributed by atoms with van der Waals surface area (Å²) in [4.78, 5) is 34.7. The van der Waals surface area contributed by atoms with Gasteiger partial charge in [-0.25, -0.2) is 4.98 Å². The van der Waals surface area contributed by atoms with Crippen molar-refractivity contribution in [3.8, 4) is 11.5 Å². The number of oxazole rings is 1. The van der Waals surface area contributed by atoms with Gasteiger partial charge >= 0.3 is 0 Å². The molecule has 0 aliphatic carbocycles. The number of pyridine rings is 1. The highest BCUT2D eigenvalue weighted by Gasteiger charge is 2.25. The van der Waals surface area contributed by atoms with Gasteiger partial charge in [-0.15, -0.1) is 0 Å². The van der Waals surface area contributed by atoms with Crippen LogP contribution in [0.5, 0.6) is 0 Å². The Morgan fingerprint density at radius 1 is 1.12 bits per heavy atom. The van der Waals surface area contributed by atoms with E-state index < -0.39 is 10.8 Å². The molecule has 172 valence electrons. The lowest BCUT2D eigenvalue weighted by Crippen LogP contribution is -2.33. The highest BCUT2D eigenvalue weighted by molar-refractivity contribution is 6.05. The van der Waals surface area contributed by atoms with Gasteiger partial charge in [-0.1, -0.05) is 6.92 Å². The van der Waals surface area contributed by atoms with Crippen molar-refractivity contribution in [1.29, 1.82) is 0 Å². The summed E-state index contributed by atoms with van der Waals surface area (Å²) < 4.78 is 5.79. The molecule has 1 aliphatic heterocycles. The SMILES string of the molecule is CC1CCN(c2ccc(C(=O)Nc3ccc4oc(-c5ccncc5)nc4c3)cc2[N+](=O)[O-])CC1. The molecule has 0 radical (unpaired) electrons. The molecule has 2 aromatic carbocycles. The second kappa shape index (κ2) is 8.93. The van der Waals surface area contributed by atoms with Crippen LogP contribution in [0.2, 0.25) is 0 Å². The lowest BCUT2D eigenvalue weighted by atomic mass is 9.98. The zero-order valence-corrected chi connectivity index (χ0v) is 18.6. The Kier molecular flexibility index (Phi) is 5.67. The van der Waals surface area contributed by atoms with Crippen molar-refractivity contribution in [1.82, 2.24) is 9.97 Å². The second-order valence-corrected chi connectivity index (χ2v) is 8.52. The van der Waals surface area contributed by atoms with Crippen LogP contribution in [-0.2, 0) is 0 Å². The van der Waals surface area contributed by atoms with Crippen molar-refractivity contribution in [3.63, 3.8) is 0 Å². The Hall–Kier alpha value is -4.27. The third-order valence-corrected chi connectivity index (χ3v) is 6.13. The topological polar surface area (TPSA) is 114 Å². The fourth-order valence-corrected chi connectivity index (χ4v) is 4.15. The molecule has 1 fully saturated rings. The Morgan fingerprint density at radius 2 is 1.88 bits per heavy atom. The van der Waals surface area contributed by atoms with Crippen molar-refractivity contribution in [2.75, 3.05) is 23.3 Å². The summed E-state index contributed by atoms with van der Waals surface area (Å²) in [5, 5.41) is 14.6. The summed E-state index contributed by atoms with van der Waals surface area (Å²) in [6, 6.07) is 13.4. The average Bonchev–Trinajstić information content (AvgIpc) is 3.28. The number of hydrogen-bond acceptors (Lipinski definition) is 7. The minimum absolute atomic E-state index is 0.0591. The summed E-state index contributed by atoms with van der Waals surface area (Å²) in [6.07, 6.45) is 5.30. The van der Waals surface area contributed by atoms with Gasteiger partial charge in [0.2, 0.25) is 5.89 Å². The number of aromatic nitrogens is 2. The largest absolute Gasteiger partial charge is 0.436 e. The third-order valence-electron chi connectivity index (χ3n) is 6.13. The highest BCUT2D eigenvalue weighted by Crippen LogP contribution is 2.33. The van der Waals surface area contributed by atoms with Crippen LogP contribution in [0, 0.1) is 16.0 Å². The molecular weight excluding hydrogens is 434 g/mol. The summed E-state index contributed by atoms with van der Waals surface area (Å²) >= 11 is 0. The summed E-state index contributed by atoms with van der Waals surface area (Å²) in [5.41, 5.74) is 3.21. The van der Waals surface area contributed by atoms with E-state index in [2.05, 4.69) is 22.2 Å². The molecule has 0 bridgehead atoms. The van der Waals surface area contributed by atoms with Crippen LogP contribution >= 0.6 is 0 Å². The van der Waals surface area contributed by atoms with Gasteiger partial charge in [-0.05, 0) is 61.2 Å². The molecule has 0 unspecified atom stereocenters. The van der Waals surface area contributed by atoms with Crippen LogP contribution in [0.25, 0.3) is 22.6 Å². The summed E-state index contributed by atoms with van der Waals surface area (Å²) in [7, 11) is 0. The number of rotatable bonds is 5. The van der Waals surface area contributed by atoms with Gasteiger partial charge in [0.15, 0.2) is 5.58 Å². The molecule has 1 saturated heterocycles. The lowest BCUT2D eigenvalue weighted by Gasteiger charge is -2.31. The smallest absolute Gasteiger partial charge is 0.293 e. The predicted molar refractivity (Wildman–Crippen MR) is 129 cm³/mol. The van der Waals surface area contributed by atoms with Crippen LogP contribution < -0.4 is 10.2 Å². The molecular formula is C25H23N5O4. The van der Waals surface area contributed by atoms with E-state index in [0.717, 1.165) is 31.5 Å². The number of carbonyl (C=O) groups excluding carboxylic acids is 1. The number of anilines is 2. The van der Waals surface area contributed by atoms with Gasteiger partial charge in [0, 0.05) is 48.4 Å². The number of hydrogen-bond donors (Lipinski definition) is 1. The zero-order chi connectivity index (χ0) is 23.7. The Bertz CT molecular complexity index is 1360. The van der Waals surface area contributed by atoms with Crippen molar-refractivity contribution in [2.45, 2.75) is 19.8 Å². The molecule has 9 heteroatoms. The van der Waals surface area contributed by atoms with E-state index in [0.29, 0.717) is 34.3 Å². The molecule has 0 saturated carbocycles. The van der Waals surface area contributed by atoms with E-state index in [1.54, 1.807) is 54.9 Å². The molecule has 4 aromatic rings. The van der Waals surface area contributed by atoms with Crippen LogP contribution in [0.15, 0.2) is 65.3 Å². The van der Waals surface area contributed by atoms with Gasteiger partial charge in [-0.3, -0.25) is 19.9 Å². The van der Waals surface area contributed by atoms with Gasteiger partial charge in [-0.2, -0.15) is 0 Å². The second-order valence-electron chi connectivity index (χ2n) is 8.52. The van der Waals surface area contributed by atoms with Crippen LogP contribution in [0.4, 0.5) is 17.1 Å². The predicted octanol–water partition coefficient (Wildman–Crippen LogP) is 5.29. The minimum Gasteiger partial charge on any atom is -0.436 e. The lowest BCUT2D eigenvalue weighted by molar-refractivity contribution is -0.384. The first-order chi connectivity index (χ1) is 16.5. The molecule has 1 amide bonds. The van der Waals surface area contributed by atoms with E-state index in [1.165, 1.54) is 6.07 Å². The van der Waals surface area contributed by atoms with E-state index in [-0.39, 0.29) is 11.3 Å². The first-order valence-corrected chi connectivity index (χ1v) is 11.1. The monoisotopic (exact) mass is 457 g/mol. The molecule has 9 nitrogen and oxygen atoms in total. The Labute approximate surface area is 195 Å². The molecule has 2 aromatic heterocycles. The van der Waals surface area contributed by atoms with E-state index in [1.807, 2.05) is 4.90 Å². The first kappa shape index (κ1) is 21.6. The van der Waals surface area contributed by atoms with Crippen molar-refractivity contribution in [2.24, 2.45) is 5.92 Å².